The highest BCUT2D eigenvalue weighted by molar-refractivity contribution is 5.82. The first-order valence-electron chi connectivity index (χ1n) is 4.50. The number of hydrogen-bond acceptors (Lipinski definition) is 3. The number of carboxylic acid groups (broad SMARTS) is 1. The third-order valence-electron chi connectivity index (χ3n) is 1.75. The van der Waals surface area contributed by atoms with Crippen molar-refractivity contribution in [3.05, 3.63) is 0 Å². The number of rotatable bonds is 2. The van der Waals surface area contributed by atoms with Gasteiger partial charge in [-0.2, -0.15) is 0 Å². The second kappa shape index (κ2) is 5.70. The lowest BCUT2D eigenvalue weighted by molar-refractivity contribution is -0.151. The van der Waals surface area contributed by atoms with Gasteiger partial charge in [-0.25, -0.2) is 4.79 Å². The van der Waals surface area contributed by atoms with E-state index in [9.17, 15) is 9.59 Å². The van der Waals surface area contributed by atoms with Gasteiger partial charge in [0.15, 0.2) is 11.9 Å². The third-order valence-corrected chi connectivity index (χ3v) is 1.75. The Bertz CT molecular complexity index is 168. The van der Waals surface area contributed by atoms with Gasteiger partial charge in [-0.05, 0) is 19.8 Å². The summed E-state index contributed by atoms with van der Waals surface area (Å²) in [7, 11) is 0. The zero-order chi connectivity index (χ0) is 10.4. The van der Waals surface area contributed by atoms with E-state index in [2.05, 4.69) is 0 Å². The lowest BCUT2D eigenvalue weighted by atomic mass is 10.1. The van der Waals surface area contributed by atoms with Crippen LogP contribution in [0.25, 0.3) is 0 Å². The maximum absolute atomic E-state index is 10.7. The molecule has 1 aliphatic heterocycles. The first-order chi connectivity index (χ1) is 6.11. The van der Waals surface area contributed by atoms with Crippen molar-refractivity contribution in [3.8, 4) is 0 Å². The summed E-state index contributed by atoms with van der Waals surface area (Å²) < 4.78 is 4.94. The van der Waals surface area contributed by atoms with Crippen LogP contribution in [-0.2, 0) is 14.3 Å². The van der Waals surface area contributed by atoms with Gasteiger partial charge in [-0.3, -0.25) is 4.79 Å². The summed E-state index contributed by atoms with van der Waals surface area (Å²) in [6.07, 6.45) is -0.286. The maximum Gasteiger partial charge on any atom is 0.332 e. The van der Waals surface area contributed by atoms with Crippen LogP contribution in [0.1, 0.15) is 33.6 Å². The normalized spacial score (nSPS) is 26.1. The van der Waals surface area contributed by atoms with Gasteiger partial charge in [0.1, 0.15) is 6.10 Å². The molecule has 1 heterocycles. The van der Waals surface area contributed by atoms with Gasteiger partial charge in [0.2, 0.25) is 0 Å². The molecule has 0 aromatic rings. The van der Waals surface area contributed by atoms with Crippen molar-refractivity contribution < 1.29 is 19.4 Å². The fourth-order valence-electron chi connectivity index (χ4n) is 1.12. The Morgan fingerprint density at radius 2 is 1.69 bits per heavy atom. The molecule has 2 atom stereocenters. The second-order valence-corrected chi connectivity index (χ2v) is 2.64. The number of carbonyl (C=O) groups is 2. The minimum atomic E-state index is -0.978. The molecule has 4 nitrogen and oxygen atoms in total. The number of carboxylic acids is 1. The molecule has 0 saturated carbocycles. The van der Waals surface area contributed by atoms with E-state index in [1.807, 2.05) is 13.8 Å². The number of ether oxygens (including phenoxy) is 1. The Kier molecular flexibility index (Phi) is 5.30. The molecule has 1 aliphatic rings. The first kappa shape index (κ1) is 12.1. The molecule has 1 N–H and O–H groups in total. The van der Waals surface area contributed by atoms with E-state index in [0.29, 0.717) is 12.8 Å². The third kappa shape index (κ3) is 3.55. The van der Waals surface area contributed by atoms with Crippen molar-refractivity contribution in [2.24, 2.45) is 0 Å². The van der Waals surface area contributed by atoms with Crippen LogP contribution >= 0.6 is 0 Å². The molecule has 0 aliphatic carbocycles. The van der Waals surface area contributed by atoms with Gasteiger partial charge < -0.3 is 9.84 Å². The molecule has 4 heteroatoms. The zero-order valence-electron chi connectivity index (χ0n) is 8.24. The minimum Gasteiger partial charge on any atom is -0.479 e. The number of aliphatic carboxylic acids is 1. The van der Waals surface area contributed by atoms with Crippen molar-refractivity contribution in [2.45, 2.75) is 45.8 Å². The molecule has 1 rings (SSSR count). The zero-order valence-corrected chi connectivity index (χ0v) is 8.24. The minimum absolute atomic E-state index is 0.0891. The lowest BCUT2D eigenvalue weighted by Crippen LogP contribution is -2.23. The molecular weight excluding hydrogens is 172 g/mol. The van der Waals surface area contributed by atoms with Gasteiger partial charge >= 0.3 is 5.97 Å². The van der Waals surface area contributed by atoms with E-state index < -0.39 is 18.2 Å². The van der Waals surface area contributed by atoms with Crippen LogP contribution in [0.2, 0.25) is 0 Å². The van der Waals surface area contributed by atoms with Gasteiger partial charge in [0, 0.05) is 0 Å². The number of Topliss-reactive ketones (excluding diaryl/α,β-unsaturated/α-hetero) is 1. The molecule has 1 fully saturated rings. The van der Waals surface area contributed by atoms with E-state index in [1.54, 1.807) is 0 Å². The van der Waals surface area contributed by atoms with Crippen molar-refractivity contribution in [1.82, 2.24) is 0 Å². The molecule has 0 radical (unpaired) electrons. The average Bonchev–Trinajstić information content (AvgIpc) is 2.56. The highest BCUT2D eigenvalue weighted by Gasteiger charge is 2.32. The summed E-state index contributed by atoms with van der Waals surface area (Å²) >= 11 is 0. The average molecular weight is 188 g/mol. The van der Waals surface area contributed by atoms with Crippen LogP contribution in [0, 0.1) is 0 Å². The molecule has 0 amide bonds. The predicted octanol–water partition coefficient (Wildman–Crippen LogP) is 1.23. The molecule has 2 unspecified atom stereocenters. The Balaban J connectivity index is 0.000000671. The van der Waals surface area contributed by atoms with Crippen molar-refractivity contribution >= 4 is 11.8 Å². The van der Waals surface area contributed by atoms with Gasteiger partial charge in [-0.1, -0.05) is 13.8 Å². The first-order valence-corrected chi connectivity index (χ1v) is 4.50. The summed E-state index contributed by atoms with van der Waals surface area (Å²) in [6.45, 7) is 5.41. The topological polar surface area (TPSA) is 63.6 Å². The Morgan fingerprint density at radius 3 is 1.92 bits per heavy atom. The van der Waals surface area contributed by atoms with Crippen molar-refractivity contribution in [1.29, 1.82) is 0 Å². The SMILES string of the molecule is CC.CC(=O)C1CCC(C(=O)O)O1. The monoisotopic (exact) mass is 188 g/mol. The Hall–Kier alpha value is -0.900. The lowest BCUT2D eigenvalue weighted by Gasteiger charge is -2.05. The fourth-order valence-corrected chi connectivity index (χ4v) is 1.12. The Labute approximate surface area is 77.9 Å². The van der Waals surface area contributed by atoms with Crippen molar-refractivity contribution in [2.75, 3.05) is 0 Å². The van der Waals surface area contributed by atoms with Crippen LogP contribution in [0.5, 0.6) is 0 Å². The van der Waals surface area contributed by atoms with E-state index in [0.717, 1.165) is 0 Å². The van der Waals surface area contributed by atoms with Gasteiger partial charge in [0.05, 0.1) is 0 Å². The van der Waals surface area contributed by atoms with E-state index in [1.165, 1.54) is 6.92 Å². The summed E-state index contributed by atoms with van der Waals surface area (Å²) in [5.41, 5.74) is 0. The Morgan fingerprint density at radius 1 is 1.23 bits per heavy atom. The van der Waals surface area contributed by atoms with Crippen LogP contribution in [0.4, 0.5) is 0 Å². The smallest absolute Gasteiger partial charge is 0.332 e. The largest absolute Gasteiger partial charge is 0.479 e. The molecule has 0 aromatic heterocycles. The van der Waals surface area contributed by atoms with Crippen LogP contribution in [-0.4, -0.2) is 29.1 Å². The van der Waals surface area contributed by atoms with E-state index >= 15 is 0 Å². The predicted molar refractivity (Wildman–Crippen MR) is 47.6 cm³/mol. The van der Waals surface area contributed by atoms with Crippen LogP contribution in [0.15, 0.2) is 0 Å². The van der Waals surface area contributed by atoms with Crippen LogP contribution in [0.3, 0.4) is 0 Å². The highest BCUT2D eigenvalue weighted by Crippen LogP contribution is 2.20. The molecule has 1 saturated heterocycles. The molecule has 0 bridgehead atoms. The van der Waals surface area contributed by atoms with Crippen LogP contribution < -0.4 is 0 Å². The van der Waals surface area contributed by atoms with Crippen molar-refractivity contribution in [3.63, 3.8) is 0 Å². The van der Waals surface area contributed by atoms with E-state index in [-0.39, 0.29) is 5.78 Å². The number of carbonyl (C=O) groups excluding carboxylic acids is 1. The van der Waals surface area contributed by atoms with E-state index in [4.69, 9.17) is 9.84 Å². The molecule has 13 heavy (non-hydrogen) atoms. The number of ketones is 1. The quantitative estimate of drug-likeness (QED) is 0.708. The molecular formula is C9H16O4. The number of hydrogen-bond donors (Lipinski definition) is 1. The summed E-state index contributed by atoms with van der Waals surface area (Å²) in [4.78, 5) is 21.0. The molecule has 0 spiro atoms. The summed E-state index contributed by atoms with van der Waals surface area (Å²) in [6, 6.07) is 0. The summed E-state index contributed by atoms with van der Waals surface area (Å²) in [5, 5.41) is 8.48. The standard InChI is InChI=1S/C7H10O4.C2H6/c1-4(8)5-2-3-6(11-5)7(9)10;1-2/h5-6H,2-3H2,1H3,(H,9,10);1-2H3. The van der Waals surface area contributed by atoms with Gasteiger partial charge in [0.25, 0.3) is 0 Å². The maximum atomic E-state index is 10.7. The molecule has 0 aromatic carbocycles. The fraction of sp³-hybridized carbons (Fsp3) is 0.778. The highest BCUT2D eigenvalue weighted by atomic mass is 16.5. The second-order valence-electron chi connectivity index (χ2n) is 2.64. The van der Waals surface area contributed by atoms with Gasteiger partial charge in [-0.15, -0.1) is 0 Å². The molecule has 76 valence electrons. The summed E-state index contributed by atoms with van der Waals surface area (Å²) in [5.74, 6) is -1.07.